The van der Waals surface area contributed by atoms with Gasteiger partial charge in [0.1, 0.15) is 5.60 Å². The summed E-state index contributed by atoms with van der Waals surface area (Å²) in [5.41, 5.74) is 1.19. The maximum absolute atomic E-state index is 13.1. The molecular formula is C25H30N4O3. The van der Waals surface area contributed by atoms with Gasteiger partial charge in [0.05, 0.1) is 17.7 Å². The van der Waals surface area contributed by atoms with Crippen molar-refractivity contribution in [2.75, 3.05) is 13.1 Å². The molecule has 0 bridgehead atoms. The molecule has 0 unspecified atom stereocenters. The highest BCUT2D eigenvalue weighted by molar-refractivity contribution is 5.93. The Balaban J connectivity index is 1.49. The van der Waals surface area contributed by atoms with Crippen LogP contribution in [0, 0.1) is 0 Å². The third kappa shape index (κ3) is 5.16. The number of amides is 1. The average molecular weight is 435 g/mol. The molecule has 1 aliphatic heterocycles. The third-order valence-corrected chi connectivity index (χ3v) is 5.56. The van der Waals surface area contributed by atoms with Crippen molar-refractivity contribution in [1.82, 2.24) is 20.0 Å². The molecule has 1 aliphatic rings. The van der Waals surface area contributed by atoms with Crippen LogP contribution in [-0.4, -0.2) is 45.5 Å². The molecule has 0 saturated carbocycles. The molecule has 1 N–H and O–H groups in total. The van der Waals surface area contributed by atoms with Crippen molar-refractivity contribution < 1.29 is 9.53 Å². The Morgan fingerprint density at radius 3 is 2.31 bits per heavy atom. The van der Waals surface area contributed by atoms with Gasteiger partial charge in [0.2, 0.25) is 0 Å². The fraction of sp³-hybridized carbons (Fsp3) is 0.400. The van der Waals surface area contributed by atoms with E-state index < -0.39 is 5.60 Å². The summed E-state index contributed by atoms with van der Waals surface area (Å²) in [4.78, 5) is 27.4. The van der Waals surface area contributed by atoms with Gasteiger partial charge in [-0.3, -0.25) is 9.69 Å². The zero-order chi connectivity index (χ0) is 22.7. The molecule has 32 heavy (non-hydrogen) atoms. The number of carbonyl (C=O) groups is 1. The summed E-state index contributed by atoms with van der Waals surface area (Å²) in [6, 6.07) is 17.6. The molecule has 168 valence electrons. The molecule has 0 aliphatic carbocycles. The Kier molecular flexibility index (Phi) is 6.28. The highest BCUT2D eigenvalue weighted by Crippen LogP contribution is 2.24. The van der Waals surface area contributed by atoms with E-state index in [1.165, 1.54) is 0 Å². The molecule has 2 heterocycles. The first-order valence-electron chi connectivity index (χ1n) is 11.1. The van der Waals surface area contributed by atoms with Crippen LogP contribution in [0.2, 0.25) is 0 Å². The number of aromatic nitrogens is 2. The number of hydrogen-bond donors (Lipinski definition) is 1. The molecule has 7 heteroatoms. The number of carbonyl (C=O) groups excluding carboxylic acids is 1. The highest BCUT2D eigenvalue weighted by atomic mass is 16.6. The minimum Gasteiger partial charge on any atom is -0.444 e. The second-order valence-corrected chi connectivity index (χ2v) is 9.24. The van der Waals surface area contributed by atoms with Crippen LogP contribution in [0.25, 0.3) is 22.0 Å². The molecule has 2 aromatic carbocycles. The number of alkyl carbamates (subject to hydrolysis) is 1. The van der Waals surface area contributed by atoms with Gasteiger partial charge in [0.25, 0.3) is 5.56 Å². The summed E-state index contributed by atoms with van der Waals surface area (Å²) in [6.07, 6.45) is 1.22. The Hall–Kier alpha value is -3.19. The second-order valence-electron chi connectivity index (χ2n) is 9.24. The van der Waals surface area contributed by atoms with Crippen LogP contribution in [0.1, 0.15) is 33.6 Å². The SMILES string of the molecule is CC(C)(C)OC(=O)NC1CCN(Cn2nc(-c3ccccc3)c3ccccc3c2=O)CC1. The maximum atomic E-state index is 13.1. The van der Waals surface area contributed by atoms with Crippen LogP contribution in [-0.2, 0) is 11.4 Å². The van der Waals surface area contributed by atoms with E-state index in [1.54, 1.807) is 4.68 Å². The number of likely N-dealkylation sites (tertiary alicyclic amines) is 1. The molecule has 1 fully saturated rings. The lowest BCUT2D eigenvalue weighted by Crippen LogP contribution is -2.47. The van der Waals surface area contributed by atoms with E-state index >= 15 is 0 Å². The summed E-state index contributed by atoms with van der Waals surface area (Å²) < 4.78 is 6.92. The van der Waals surface area contributed by atoms with E-state index in [2.05, 4.69) is 10.2 Å². The highest BCUT2D eigenvalue weighted by Gasteiger charge is 2.24. The van der Waals surface area contributed by atoms with Gasteiger partial charge in [-0.05, 0) is 39.7 Å². The zero-order valence-electron chi connectivity index (χ0n) is 18.9. The van der Waals surface area contributed by atoms with Gasteiger partial charge >= 0.3 is 6.09 Å². The minimum absolute atomic E-state index is 0.0715. The van der Waals surface area contributed by atoms with Gasteiger partial charge in [-0.15, -0.1) is 0 Å². The molecule has 4 rings (SSSR count). The van der Waals surface area contributed by atoms with E-state index in [4.69, 9.17) is 9.84 Å². The monoisotopic (exact) mass is 434 g/mol. The standard InChI is InChI=1S/C25H30N4O3/c1-25(2,3)32-24(31)26-19-13-15-28(16-14-19)17-29-23(30)21-12-8-7-11-20(21)22(27-29)18-9-5-4-6-10-18/h4-12,19H,13-17H2,1-3H3,(H,26,31). The molecule has 0 atom stereocenters. The molecule has 7 nitrogen and oxygen atoms in total. The van der Waals surface area contributed by atoms with Gasteiger partial charge in [0, 0.05) is 30.1 Å². The summed E-state index contributed by atoms with van der Waals surface area (Å²) in [6.45, 7) is 7.51. The average Bonchev–Trinajstić information content (AvgIpc) is 2.76. The molecule has 0 radical (unpaired) electrons. The number of rotatable bonds is 4. The van der Waals surface area contributed by atoms with Crippen molar-refractivity contribution in [2.24, 2.45) is 0 Å². The van der Waals surface area contributed by atoms with Crippen molar-refractivity contribution in [3.05, 3.63) is 65.0 Å². The van der Waals surface area contributed by atoms with E-state index in [0.717, 1.165) is 42.6 Å². The first-order valence-corrected chi connectivity index (χ1v) is 11.1. The second kappa shape index (κ2) is 9.12. The van der Waals surface area contributed by atoms with E-state index in [0.29, 0.717) is 12.1 Å². The van der Waals surface area contributed by atoms with Crippen LogP contribution in [0.3, 0.4) is 0 Å². The smallest absolute Gasteiger partial charge is 0.407 e. The van der Waals surface area contributed by atoms with Crippen molar-refractivity contribution in [3.8, 4) is 11.3 Å². The van der Waals surface area contributed by atoms with E-state index in [9.17, 15) is 9.59 Å². The number of nitrogens with one attached hydrogen (secondary N) is 1. The van der Waals surface area contributed by atoms with Crippen molar-refractivity contribution in [3.63, 3.8) is 0 Å². The van der Waals surface area contributed by atoms with Crippen LogP contribution < -0.4 is 10.9 Å². The fourth-order valence-corrected chi connectivity index (χ4v) is 4.02. The number of ether oxygens (including phenoxy) is 1. The number of benzene rings is 2. The summed E-state index contributed by atoms with van der Waals surface area (Å²) in [7, 11) is 0. The molecule has 1 amide bonds. The van der Waals surface area contributed by atoms with E-state index in [1.807, 2.05) is 75.4 Å². The van der Waals surface area contributed by atoms with Gasteiger partial charge in [-0.1, -0.05) is 48.5 Å². The van der Waals surface area contributed by atoms with Crippen LogP contribution in [0.4, 0.5) is 4.79 Å². The van der Waals surface area contributed by atoms with E-state index in [-0.39, 0.29) is 17.7 Å². The Bertz CT molecular complexity index is 1140. The third-order valence-electron chi connectivity index (χ3n) is 5.56. The van der Waals surface area contributed by atoms with Crippen molar-refractivity contribution >= 4 is 16.9 Å². The Morgan fingerprint density at radius 2 is 1.66 bits per heavy atom. The van der Waals surface area contributed by atoms with Crippen LogP contribution in [0.5, 0.6) is 0 Å². The molecule has 1 aromatic heterocycles. The molecule has 1 saturated heterocycles. The van der Waals surface area contributed by atoms with Crippen LogP contribution >= 0.6 is 0 Å². The van der Waals surface area contributed by atoms with Gasteiger partial charge < -0.3 is 10.1 Å². The minimum atomic E-state index is -0.510. The summed E-state index contributed by atoms with van der Waals surface area (Å²) in [5, 5.41) is 9.23. The molecular weight excluding hydrogens is 404 g/mol. The largest absolute Gasteiger partial charge is 0.444 e. The first kappa shape index (κ1) is 22.0. The first-order chi connectivity index (χ1) is 15.3. The Labute approximate surface area is 188 Å². The molecule has 3 aromatic rings. The van der Waals surface area contributed by atoms with Crippen LogP contribution in [0.15, 0.2) is 59.4 Å². The van der Waals surface area contributed by atoms with Gasteiger partial charge in [-0.2, -0.15) is 5.10 Å². The summed E-state index contributed by atoms with van der Waals surface area (Å²) >= 11 is 0. The lowest BCUT2D eigenvalue weighted by Gasteiger charge is -2.32. The molecule has 0 spiro atoms. The lowest BCUT2D eigenvalue weighted by atomic mass is 10.0. The topological polar surface area (TPSA) is 76.5 Å². The fourth-order valence-electron chi connectivity index (χ4n) is 4.02. The predicted octanol–water partition coefficient (Wildman–Crippen LogP) is 4.01. The lowest BCUT2D eigenvalue weighted by molar-refractivity contribution is 0.0470. The number of piperidine rings is 1. The van der Waals surface area contributed by atoms with Crippen molar-refractivity contribution in [2.45, 2.75) is 51.9 Å². The Morgan fingerprint density at radius 1 is 1.03 bits per heavy atom. The van der Waals surface area contributed by atoms with Crippen molar-refractivity contribution in [1.29, 1.82) is 0 Å². The quantitative estimate of drug-likeness (QED) is 0.671. The maximum Gasteiger partial charge on any atom is 0.407 e. The zero-order valence-corrected chi connectivity index (χ0v) is 18.9. The number of nitrogens with zero attached hydrogens (tertiary/aromatic N) is 3. The number of hydrogen-bond acceptors (Lipinski definition) is 5. The predicted molar refractivity (Wildman–Crippen MR) is 125 cm³/mol. The normalized spacial score (nSPS) is 15.6. The number of fused-ring (bicyclic) bond motifs is 1. The summed E-state index contributed by atoms with van der Waals surface area (Å²) in [5.74, 6) is 0. The van der Waals surface area contributed by atoms with Gasteiger partial charge in [-0.25, -0.2) is 9.48 Å². The van der Waals surface area contributed by atoms with Gasteiger partial charge in [0.15, 0.2) is 0 Å².